The van der Waals surface area contributed by atoms with Crippen molar-refractivity contribution in [3.05, 3.63) is 23.8 Å². The number of hydrogen-bond acceptors (Lipinski definition) is 6. The van der Waals surface area contributed by atoms with Gasteiger partial charge in [-0.1, -0.05) is 6.07 Å². The molecule has 164 valence electrons. The number of ether oxygens (including phenoxy) is 3. The fourth-order valence-corrected chi connectivity index (χ4v) is 3.42. The van der Waals surface area contributed by atoms with Gasteiger partial charge in [-0.2, -0.15) is 0 Å². The van der Waals surface area contributed by atoms with Crippen LogP contribution in [-0.4, -0.2) is 97.1 Å². The Morgan fingerprint density at radius 1 is 1.17 bits per heavy atom. The summed E-state index contributed by atoms with van der Waals surface area (Å²) in [5.41, 5.74) is 1.18. The van der Waals surface area contributed by atoms with E-state index in [0.29, 0.717) is 0 Å². The molecule has 1 aromatic carbocycles. The fourth-order valence-electron chi connectivity index (χ4n) is 3.42. The van der Waals surface area contributed by atoms with Gasteiger partial charge in [-0.3, -0.25) is 9.89 Å². The van der Waals surface area contributed by atoms with E-state index in [0.717, 1.165) is 69.8 Å². The molecular weight excluding hydrogens is 370 g/mol. The van der Waals surface area contributed by atoms with Gasteiger partial charge < -0.3 is 29.7 Å². The van der Waals surface area contributed by atoms with Crippen molar-refractivity contribution in [1.29, 1.82) is 0 Å². The average Bonchev–Trinajstić information content (AvgIpc) is 2.75. The van der Waals surface area contributed by atoms with E-state index in [4.69, 9.17) is 14.2 Å². The number of guanidine groups is 1. The van der Waals surface area contributed by atoms with Crippen molar-refractivity contribution in [2.75, 3.05) is 81.3 Å². The maximum Gasteiger partial charge on any atom is 0.191 e. The molecule has 0 spiro atoms. The van der Waals surface area contributed by atoms with E-state index in [-0.39, 0.29) is 6.04 Å². The topological polar surface area (TPSA) is 70.6 Å². The van der Waals surface area contributed by atoms with Crippen molar-refractivity contribution in [2.45, 2.75) is 12.5 Å². The first kappa shape index (κ1) is 23.3. The molecule has 29 heavy (non-hydrogen) atoms. The second-order valence-electron chi connectivity index (χ2n) is 7.32. The summed E-state index contributed by atoms with van der Waals surface area (Å²) in [6.45, 7) is 5.97. The SMILES string of the molecule is CN=C(NCCCN(C)C)NCC(c1ccc(OC)c(OC)c1)N1CCOCC1. The molecule has 0 aliphatic carbocycles. The predicted octanol–water partition coefficient (Wildman–Crippen LogP) is 1.19. The monoisotopic (exact) mass is 407 g/mol. The molecule has 8 nitrogen and oxygen atoms in total. The van der Waals surface area contributed by atoms with Gasteiger partial charge >= 0.3 is 0 Å². The normalized spacial score (nSPS) is 16.6. The summed E-state index contributed by atoms with van der Waals surface area (Å²) in [6.07, 6.45) is 1.07. The number of benzene rings is 1. The van der Waals surface area contributed by atoms with Crippen LogP contribution in [0.3, 0.4) is 0 Å². The van der Waals surface area contributed by atoms with E-state index in [1.165, 1.54) is 5.56 Å². The Kier molecular flexibility index (Phi) is 10.0. The number of methoxy groups -OCH3 is 2. The summed E-state index contributed by atoms with van der Waals surface area (Å²) >= 11 is 0. The minimum Gasteiger partial charge on any atom is -0.493 e. The van der Waals surface area contributed by atoms with Crippen LogP contribution in [-0.2, 0) is 4.74 Å². The minimum atomic E-state index is 0.180. The highest BCUT2D eigenvalue weighted by Crippen LogP contribution is 2.32. The molecule has 1 fully saturated rings. The predicted molar refractivity (Wildman–Crippen MR) is 117 cm³/mol. The first-order chi connectivity index (χ1) is 14.1. The Hall–Kier alpha value is -2.03. The number of morpholine rings is 1. The second-order valence-corrected chi connectivity index (χ2v) is 7.32. The highest BCUT2D eigenvalue weighted by Gasteiger charge is 2.24. The molecule has 1 aromatic rings. The number of nitrogens with one attached hydrogen (secondary N) is 2. The van der Waals surface area contributed by atoms with Gasteiger partial charge in [0.2, 0.25) is 0 Å². The molecule has 1 aliphatic rings. The molecule has 2 N–H and O–H groups in total. The highest BCUT2D eigenvalue weighted by atomic mass is 16.5. The first-order valence-corrected chi connectivity index (χ1v) is 10.2. The van der Waals surface area contributed by atoms with E-state index in [9.17, 15) is 0 Å². The van der Waals surface area contributed by atoms with Crippen LogP contribution < -0.4 is 20.1 Å². The smallest absolute Gasteiger partial charge is 0.191 e. The van der Waals surface area contributed by atoms with Crippen LogP contribution in [0.4, 0.5) is 0 Å². The lowest BCUT2D eigenvalue weighted by atomic mass is 10.0. The zero-order valence-electron chi connectivity index (χ0n) is 18.5. The summed E-state index contributed by atoms with van der Waals surface area (Å²) in [5, 5.41) is 6.89. The van der Waals surface area contributed by atoms with Gasteiger partial charge in [0.25, 0.3) is 0 Å². The first-order valence-electron chi connectivity index (χ1n) is 10.2. The Labute approximate surface area is 175 Å². The van der Waals surface area contributed by atoms with Crippen molar-refractivity contribution in [3.63, 3.8) is 0 Å². The number of nitrogens with zero attached hydrogens (tertiary/aromatic N) is 3. The van der Waals surface area contributed by atoms with Crippen molar-refractivity contribution in [1.82, 2.24) is 20.4 Å². The fraction of sp³-hybridized carbons (Fsp3) is 0.667. The molecule has 1 aliphatic heterocycles. The van der Waals surface area contributed by atoms with E-state index in [2.05, 4.69) is 51.7 Å². The zero-order valence-corrected chi connectivity index (χ0v) is 18.5. The van der Waals surface area contributed by atoms with Gasteiger partial charge in [-0.15, -0.1) is 0 Å². The van der Waals surface area contributed by atoms with Crippen molar-refractivity contribution in [2.24, 2.45) is 4.99 Å². The molecule has 0 saturated carbocycles. The second kappa shape index (κ2) is 12.5. The summed E-state index contributed by atoms with van der Waals surface area (Å²) in [5.74, 6) is 2.31. The van der Waals surface area contributed by atoms with Crippen LogP contribution in [0.5, 0.6) is 11.5 Å². The Morgan fingerprint density at radius 3 is 2.52 bits per heavy atom. The van der Waals surface area contributed by atoms with Crippen LogP contribution in [0.1, 0.15) is 18.0 Å². The third kappa shape index (κ3) is 7.38. The summed E-state index contributed by atoms with van der Waals surface area (Å²) < 4.78 is 16.5. The molecule has 0 aromatic heterocycles. The standard InChI is InChI=1S/C21H37N5O3/c1-22-21(23-9-6-10-25(2)3)24-16-18(26-11-13-29-14-12-26)17-7-8-19(27-4)20(15-17)28-5/h7-8,15,18H,6,9-14,16H2,1-5H3,(H2,22,23,24). The molecule has 0 bridgehead atoms. The molecule has 1 heterocycles. The Bertz CT molecular complexity index is 633. The molecular formula is C21H37N5O3. The summed E-state index contributed by atoms with van der Waals surface area (Å²) in [4.78, 5) is 8.99. The van der Waals surface area contributed by atoms with Crippen LogP contribution in [0.2, 0.25) is 0 Å². The van der Waals surface area contributed by atoms with Crippen LogP contribution in [0.15, 0.2) is 23.2 Å². The van der Waals surface area contributed by atoms with Crippen molar-refractivity contribution in [3.8, 4) is 11.5 Å². The lowest BCUT2D eigenvalue weighted by Gasteiger charge is -2.35. The molecule has 2 rings (SSSR count). The van der Waals surface area contributed by atoms with Crippen molar-refractivity contribution >= 4 is 5.96 Å². The molecule has 0 radical (unpaired) electrons. The van der Waals surface area contributed by atoms with Crippen molar-refractivity contribution < 1.29 is 14.2 Å². The Balaban J connectivity index is 2.06. The van der Waals surface area contributed by atoms with Gasteiger partial charge in [0.15, 0.2) is 17.5 Å². The molecule has 1 atom stereocenters. The maximum atomic E-state index is 5.55. The van der Waals surface area contributed by atoms with Crippen LogP contribution in [0.25, 0.3) is 0 Å². The quantitative estimate of drug-likeness (QED) is 0.343. The third-order valence-electron chi connectivity index (χ3n) is 5.04. The van der Waals surface area contributed by atoms with Gasteiger partial charge in [-0.25, -0.2) is 0 Å². The van der Waals surface area contributed by atoms with Crippen LogP contribution in [0, 0.1) is 0 Å². The Morgan fingerprint density at radius 2 is 1.90 bits per heavy atom. The zero-order chi connectivity index (χ0) is 21.1. The average molecular weight is 408 g/mol. The molecule has 1 unspecified atom stereocenters. The van der Waals surface area contributed by atoms with E-state index in [1.807, 2.05) is 6.07 Å². The van der Waals surface area contributed by atoms with E-state index >= 15 is 0 Å². The molecule has 0 amide bonds. The van der Waals surface area contributed by atoms with Crippen LogP contribution >= 0.6 is 0 Å². The lowest BCUT2D eigenvalue weighted by molar-refractivity contribution is 0.0169. The maximum absolute atomic E-state index is 5.55. The number of rotatable bonds is 10. The number of aliphatic imine (C=N–C) groups is 1. The summed E-state index contributed by atoms with van der Waals surface area (Å²) in [7, 11) is 9.31. The highest BCUT2D eigenvalue weighted by molar-refractivity contribution is 5.79. The van der Waals surface area contributed by atoms with E-state index in [1.54, 1.807) is 21.3 Å². The number of hydrogen-bond donors (Lipinski definition) is 2. The van der Waals surface area contributed by atoms with Gasteiger partial charge in [0, 0.05) is 33.2 Å². The minimum absolute atomic E-state index is 0.180. The lowest BCUT2D eigenvalue weighted by Crippen LogP contribution is -2.46. The molecule has 8 heteroatoms. The summed E-state index contributed by atoms with van der Waals surface area (Å²) in [6, 6.07) is 6.32. The largest absolute Gasteiger partial charge is 0.493 e. The van der Waals surface area contributed by atoms with Gasteiger partial charge in [0.1, 0.15) is 0 Å². The van der Waals surface area contributed by atoms with Gasteiger partial charge in [0.05, 0.1) is 33.5 Å². The van der Waals surface area contributed by atoms with E-state index < -0.39 is 0 Å². The van der Waals surface area contributed by atoms with Gasteiger partial charge in [-0.05, 0) is 44.8 Å². The molecule has 1 saturated heterocycles. The third-order valence-corrected chi connectivity index (χ3v) is 5.04.